The lowest BCUT2D eigenvalue weighted by Gasteiger charge is -2.37. The normalized spacial score (nSPS) is 17.2. The van der Waals surface area contributed by atoms with E-state index in [1.807, 2.05) is 68.4 Å². The largest absolute Gasteiger partial charge is 0.497 e. The van der Waals surface area contributed by atoms with Gasteiger partial charge in [0.2, 0.25) is 11.8 Å². The molecule has 1 aliphatic heterocycles. The number of nitrogens with one attached hydrogen (secondary N) is 1. The smallest absolute Gasteiger partial charge is 0.247 e. The van der Waals surface area contributed by atoms with Crippen molar-refractivity contribution in [2.75, 3.05) is 49.4 Å². The van der Waals surface area contributed by atoms with Crippen LogP contribution < -0.4 is 15.0 Å². The maximum Gasteiger partial charge on any atom is 0.247 e. The fourth-order valence-corrected chi connectivity index (χ4v) is 6.58. The van der Waals surface area contributed by atoms with E-state index in [4.69, 9.17) is 9.47 Å². The second kappa shape index (κ2) is 15.2. The number of hydrogen-bond donors (Lipinski definition) is 1. The average Bonchev–Trinajstić information content (AvgIpc) is 3.04. The second-order valence-electron chi connectivity index (χ2n) is 11.2. The first-order chi connectivity index (χ1) is 21.4. The molecule has 0 saturated carbocycles. The molecule has 0 radical (unpaired) electrons. The number of benzene rings is 2. The maximum absolute atomic E-state index is 14.2. The molecular weight excluding hydrogens is 574 g/mol. The van der Waals surface area contributed by atoms with Crippen molar-refractivity contribution >= 4 is 35.0 Å². The number of amides is 2. The predicted molar refractivity (Wildman–Crippen MR) is 174 cm³/mol. The van der Waals surface area contributed by atoms with Gasteiger partial charge in [0.25, 0.3) is 0 Å². The molecule has 1 aromatic heterocycles. The quantitative estimate of drug-likeness (QED) is 0.174. The molecule has 5 rings (SSSR count). The fraction of sp³-hybridized carbons (Fsp3) is 0.412. The maximum atomic E-state index is 14.2. The van der Waals surface area contributed by atoms with Gasteiger partial charge in [0, 0.05) is 42.4 Å². The highest BCUT2D eigenvalue weighted by molar-refractivity contribution is 7.99. The van der Waals surface area contributed by atoms with Crippen molar-refractivity contribution < 1.29 is 19.1 Å². The van der Waals surface area contributed by atoms with Crippen molar-refractivity contribution in [3.8, 4) is 5.75 Å². The Hall–Kier alpha value is -3.89. The number of carbonyl (C=O) groups is 2. The average molecular weight is 616 g/mol. The molecule has 1 saturated heterocycles. The number of ether oxygens (including phenoxy) is 2. The Kier molecular flexibility index (Phi) is 10.9. The molecule has 2 unspecified atom stereocenters. The summed E-state index contributed by atoms with van der Waals surface area (Å²) in [6, 6.07) is 16.8. The number of nitrogens with zero attached hydrogens (tertiary/aromatic N) is 4. The van der Waals surface area contributed by atoms with Crippen molar-refractivity contribution in [3.63, 3.8) is 0 Å². The fourth-order valence-electron chi connectivity index (χ4n) is 5.74. The summed E-state index contributed by atoms with van der Waals surface area (Å²) in [4.78, 5) is 41.3. The summed E-state index contributed by atoms with van der Waals surface area (Å²) in [5, 5.41) is 3.70. The minimum atomic E-state index is -0.658. The van der Waals surface area contributed by atoms with Gasteiger partial charge in [-0.1, -0.05) is 36.0 Å². The summed E-state index contributed by atoms with van der Waals surface area (Å²) in [6.45, 7) is 7.24. The van der Waals surface area contributed by atoms with E-state index in [-0.39, 0.29) is 23.5 Å². The Balaban J connectivity index is 1.40. The summed E-state index contributed by atoms with van der Waals surface area (Å²) in [6.07, 6.45) is 6.70. The Labute approximate surface area is 264 Å². The van der Waals surface area contributed by atoms with Crippen molar-refractivity contribution in [1.82, 2.24) is 14.9 Å². The van der Waals surface area contributed by atoms with Gasteiger partial charge < -0.3 is 24.6 Å². The van der Waals surface area contributed by atoms with Gasteiger partial charge in [0.15, 0.2) is 5.16 Å². The van der Waals surface area contributed by atoms with Crippen LogP contribution >= 0.6 is 11.8 Å². The number of aromatic nitrogens is 2. The third-order valence-corrected chi connectivity index (χ3v) is 8.82. The lowest BCUT2D eigenvalue weighted by atomic mass is 9.86. The number of thioether (sulfide) groups is 1. The van der Waals surface area contributed by atoms with E-state index < -0.39 is 6.04 Å². The summed E-state index contributed by atoms with van der Waals surface area (Å²) < 4.78 is 10.8. The van der Waals surface area contributed by atoms with Crippen LogP contribution in [0.3, 0.4) is 0 Å². The lowest BCUT2D eigenvalue weighted by molar-refractivity contribution is -0.139. The van der Waals surface area contributed by atoms with Crippen LogP contribution in [0.25, 0.3) is 0 Å². The van der Waals surface area contributed by atoms with E-state index in [9.17, 15) is 9.59 Å². The molecule has 2 heterocycles. The first-order valence-electron chi connectivity index (χ1n) is 15.2. The molecule has 0 spiro atoms. The van der Waals surface area contributed by atoms with Crippen LogP contribution in [0, 0.1) is 19.8 Å². The van der Waals surface area contributed by atoms with Crippen LogP contribution in [-0.2, 0) is 20.9 Å². The third kappa shape index (κ3) is 8.39. The van der Waals surface area contributed by atoms with Crippen LogP contribution in [0.15, 0.2) is 71.9 Å². The van der Waals surface area contributed by atoms with Crippen molar-refractivity contribution in [2.24, 2.45) is 5.92 Å². The van der Waals surface area contributed by atoms with Gasteiger partial charge in [0.05, 0.1) is 26.1 Å². The van der Waals surface area contributed by atoms with Gasteiger partial charge in [-0.25, -0.2) is 9.97 Å². The number of morpholine rings is 1. The van der Waals surface area contributed by atoms with E-state index in [1.54, 1.807) is 12.0 Å². The second-order valence-corrected chi connectivity index (χ2v) is 12.2. The van der Waals surface area contributed by atoms with Crippen molar-refractivity contribution in [1.29, 1.82) is 0 Å². The summed E-state index contributed by atoms with van der Waals surface area (Å²) in [5.74, 6) is 0.531. The van der Waals surface area contributed by atoms with Crippen LogP contribution in [-0.4, -0.2) is 71.9 Å². The van der Waals surface area contributed by atoms with E-state index in [0.717, 1.165) is 60.7 Å². The van der Waals surface area contributed by atoms with Crippen molar-refractivity contribution in [2.45, 2.75) is 50.9 Å². The van der Waals surface area contributed by atoms with E-state index in [2.05, 4.69) is 32.3 Å². The highest BCUT2D eigenvalue weighted by atomic mass is 32.2. The minimum absolute atomic E-state index is 0.0164. The van der Waals surface area contributed by atoms with Crippen LogP contribution in [0.5, 0.6) is 5.75 Å². The molecule has 2 atom stereocenters. The molecule has 1 N–H and O–H groups in total. The summed E-state index contributed by atoms with van der Waals surface area (Å²) in [5.41, 5.74) is 4.44. The van der Waals surface area contributed by atoms with Gasteiger partial charge >= 0.3 is 0 Å². The minimum Gasteiger partial charge on any atom is -0.497 e. The zero-order valence-corrected chi connectivity index (χ0v) is 26.5. The van der Waals surface area contributed by atoms with Crippen molar-refractivity contribution in [3.05, 3.63) is 83.7 Å². The number of aryl methyl sites for hydroxylation is 2. The Morgan fingerprint density at radius 1 is 1.05 bits per heavy atom. The first kappa shape index (κ1) is 31.5. The molecule has 232 valence electrons. The topological polar surface area (TPSA) is 96.9 Å². The summed E-state index contributed by atoms with van der Waals surface area (Å²) >= 11 is 1.30. The Bertz CT molecular complexity index is 1420. The SMILES string of the molecule is COc1ccc(CN(C(=O)CSc2nc(C)cc(C)n2)C(C(=O)Nc2ccc(N3CCOCC3)cc2)C2CC=CCC2)cc1. The standard InChI is InChI=1S/C34H41N5O4S/c1-24-21-25(2)36-34(35-24)44-23-31(40)39(22-26-9-15-30(42-3)16-10-26)32(27-7-5-4-6-8-27)33(41)37-28-11-13-29(14-12-28)38-17-19-43-20-18-38/h4-5,9-16,21,27,32H,6-8,17-20,22-23H2,1-3H3,(H,37,41). The Morgan fingerprint density at radius 2 is 1.75 bits per heavy atom. The number of hydrogen-bond acceptors (Lipinski definition) is 8. The molecular formula is C34H41N5O4S. The number of methoxy groups -OCH3 is 1. The first-order valence-corrected chi connectivity index (χ1v) is 16.1. The van der Waals surface area contributed by atoms with Crippen LogP contribution in [0.1, 0.15) is 36.2 Å². The van der Waals surface area contributed by atoms with E-state index in [0.29, 0.717) is 30.6 Å². The highest BCUT2D eigenvalue weighted by Gasteiger charge is 2.36. The van der Waals surface area contributed by atoms with Gasteiger partial charge in [0.1, 0.15) is 11.8 Å². The number of allylic oxidation sites excluding steroid dienone is 2. The molecule has 2 amide bonds. The molecule has 3 aromatic rings. The Morgan fingerprint density at radius 3 is 2.39 bits per heavy atom. The molecule has 2 aromatic carbocycles. The molecule has 2 aliphatic rings. The van der Waals surface area contributed by atoms with Gasteiger partial charge in [-0.05, 0) is 87.1 Å². The number of rotatable bonds is 11. The van der Waals surface area contributed by atoms with E-state index >= 15 is 0 Å². The zero-order valence-electron chi connectivity index (χ0n) is 25.7. The third-order valence-electron chi connectivity index (χ3n) is 7.99. The van der Waals surface area contributed by atoms with E-state index in [1.165, 1.54) is 11.8 Å². The van der Waals surface area contributed by atoms with Gasteiger partial charge in [-0.2, -0.15) is 0 Å². The molecule has 1 fully saturated rings. The molecule has 9 nitrogen and oxygen atoms in total. The number of carbonyl (C=O) groups excluding carboxylic acids is 2. The number of anilines is 2. The zero-order chi connectivity index (χ0) is 30.9. The lowest BCUT2D eigenvalue weighted by Crippen LogP contribution is -2.51. The van der Waals surface area contributed by atoms with Gasteiger partial charge in [-0.3, -0.25) is 9.59 Å². The highest BCUT2D eigenvalue weighted by Crippen LogP contribution is 2.30. The van der Waals surface area contributed by atoms with Crippen LogP contribution in [0.2, 0.25) is 0 Å². The molecule has 44 heavy (non-hydrogen) atoms. The predicted octanol–water partition coefficient (Wildman–Crippen LogP) is 5.42. The molecule has 10 heteroatoms. The summed E-state index contributed by atoms with van der Waals surface area (Å²) in [7, 11) is 1.63. The van der Waals surface area contributed by atoms with Gasteiger partial charge in [-0.15, -0.1) is 0 Å². The molecule has 0 bridgehead atoms. The van der Waals surface area contributed by atoms with Crippen LogP contribution in [0.4, 0.5) is 11.4 Å². The monoisotopic (exact) mass is 615 g/mol. The molecule has 1 aliphatic carbocycles.